The lowest BCUT2D eigenvalue weighted by Crippen LogP contribution is -2.14. The van der Waals surface area contributed by atoms with Crippen LogP contribution in [0.15, 0.2) is 65.6 Å². The molecule has 0 aromatic heterocycles. The van der Waals surface area contributed by atoms with Crippen molar-refractivity contribution in [1.29, 1.82) is 0 Å². The van der Waals surface area contributed by atoms with Gasteiger partial charge in [-0.25, -0.2) is 17.6 Å². The molecule has 1 aliphatic rings. The highest BCUT2D eigenvalue weighted by molar-refractivity contribution is 7.92. The van der Waals surface area contributed by atoms with Crippen LogP contribution in [-0.4, -0.2) is 28.6 Å². The average Bonchev–Trinajstić information content (AvgIpc) is 2.89. The molecule has 6 nitrogen and oxygen atoms in total. The van der Waals surface area contributed by atoms with Crippen molar-refractivity contribution in [3.63, 3.8) is 0 Å². The van der Waals surface area contributed by atoms with E-state index in [1.165, 1.54) is 82.2 Å². The van der Waals surface area contributed by atoms with E-state index in [1.54, 1.807) is 0 Å². The molecule has 0 heterocycles. The van der Waals surface area contributed by atoms with Crippen LogP contribution < -0.4 is 9.46 Å². The van der Waals surface area contributed by atoms with Gasteiger partial charge in [0.1, 0.15) is 11.6 Å². The molecule has 0 radical (unpaired) electrons. The fourth-order valence-electron chi connectivity index (χ4n) is 4.49. The van der Waals surface area contributed by atoms with Gasteiger partial charge < -0.3 is 9.47 Å². The van der Waals surface area contributed by atoms with E-state index in [0.717, 1.165) is 6.07 Å². The third-order valence-corrected chi connectivity index (χ3v) is 7.78. The van der Waals surface area contributed by atoms with Gasteiger partial charge in [0.05, 0.1) is 30.4 Å². The van der Waals surface area contributed by atoms with Crippen LogP contribution in [0.25, 0.3) is 11.1 Å². The Balaban J connectivity index is 1.55. The highest BCUT2D eigenvalue weighted by atomic mass is 32.2. The normalized spacial score (nSPS) is 14.4. The van der Waals surface area contributed by atoms with Crippen molar-refractivity contribution < 1.29 is 27.1 Å². The van der Waals surface area contributed by atoms with Crippen molar-refractivity contribution in [3.05, 3.63) is 77.6 Å². The van der Waals surface area contributed by atoms with Gasteiger partial charge in [0.2, 0.25) is 0 Å². The number of carbonyl (C=O) groups excluding carboxylic acids is 1. The van der Waals surface area contributed by atoms with Crippen LogP contribution in [0, 0.1) is 5.82 Å². The molecule has 0 amide bonds. The number of sulfonamides is 1. The van der Waals surface area contributed by atoms with E-state index in [0.29, 0.717) is 17.0 Å². The lowest BCUT2D eigenvalue weighted by Gasteiger charge is -2.22. The first-order valence-electron chi connectivity index (χ1n) is 11.5. The molecule has 4 rings (SSSR count). The van der Waals surface area contributed by atoms with Crippen molar-refractivity contribution in [1.82, 2.24) is 0 Å². The summed E-state index contributed by atoms with van der Waals surface area (Å²) in [6.07, 6.45) is 6.14. The SMILES string of the molecule is COC(=O)c1ccc(NS(=O)(=O)c2ccc(-c3ccc(C4CCCCC4)cc3)c(F)c2)c(OC)c1. The van der Waals surface area contributed by atoms with Crippen LogP contribution in [0.2, 0.25) is 0 Å². The summed E-state index contributed by atoms with van der Waals surface area (Å²) in [6, 6.07) is 15.9. The summed E-state index contributed by atoms with van der Waals surface area (Å²) >= 11 is 0. The van der Waals surface area contributed by atoms with Crippen molar-refractivity contribution in [2.45, 2.75) is 42.9 Å². The molecule has 1 aliphatic carbocycles. The minimum Gasteiger partial charge on any atom is -0.495 e. The summed E-state index contributed by atoms with van der Waals surface area (Å²) in [4.78, 5) is 11.5. The molecule has 0 saturated heterocycles. The van der Waals surface area contributed by atoms with Crippen molar-refractivity contribution in [2.75, 3.05) is 18.9 Å². The Hall–Kier alpha value is -3.39. The molecule has 3 aromatic carbocycles. The van der Waals surface area contributed by atoms with Gasteiger partial charge in [0.15, 0.2) is 0 Å². The Bertz CT molecular complexity index is 1320. The van der Waals surface area contributed by atoms with Gasteiger partial charge >= 0.3 is 5.97 Å². The summed E-state index contributed by atoms with van der Waals surface area (Å²) in [6.45, 7) is 0. The zero-order valence-corrected chi connectivity index (χ0v) is 20.5. The van der Waals surface area contributed by atoms with Crippen LogP contribution in [0.4, 0.5) is 10.1 Å². The lowest BCUT2D eigenvalue weighted by molar-refractivity contribution is 0.0600. The smallest absolute Gasteiger partial charge is 0.337 e. The highest BCUT2D eigenvalue weighted by Gasteiger charge is 2.21. The number of halogens is 1. The maximum absolute atomic E-state index is 15.0. The molecule has 0 bridgehead atoms. The number of ether oxygens (including phenoxy) is 2. The highest BCUT2D eigenvalue weighted by Crippen LogP contribution is 2.34. The second kappa shape index (κ2) is 10.5. The van der Waals surface area contributed by atoms with Crippen molar-refractivity contribution in [3.8, 4) is 16.9 Å². The number of anilines is 1. The minimum atomic E-state index is -4.11. The van der Waals surface area contributed by atoms with E-state index in [2.05, 4.69) is 9.46 Å². The van der Waals surface area contributed by atoms with Gasteiger partial charge in [-0.05, 0) is 60.2 Å². The maximum atomic E-state index is 15.0. The van der Waals surface area contributed by atoms with E-state index in [9.17, 15) is 13.2 Å². The Morgan fingerprint density at radius 1 is 0.943 bits per heavy atom. The molecule has 0 spiro atoms. The molecule has 0 atom stereocenters. The van der Waals surface area contributed by atoms with Crippen LogP contribution in [0.5, 0.6) is 5.75 Å². The number of benzene rings is 3. The van der Waals surface area contributed by atoms with Crippen LogP contribution in [0.3, 0.4) is 0 Å². The first kappa shape index (κ1) is 24.7. The molecular weight excluding hydrogens is 469 g/mol. The van der Waals surface area contributed by atoms with E-state index in [1.807, 2.05) is 24.3 Å². The Morgan fingerprint density at radius 3 is 2.29 bits per heavy atom. The third-order valence-electron chi connectivity index (χ3n) is 6.42. The molecular formula is C27H28FNO5S. The van der Waals surface area contributed by atoms with Crippen LogP contribution in [0.1, 0.15) is 53.9 Å². The topological polar surface area (TPSA) is 81.7 Å². The fraction of sp³-hybridized carbons (Fsp3) is 0.296. The summed E-state index contributed by atoms with van der Waals surface area (Å²) in [5.41, 5.74) is 2.61. The fourth-order valence-corrected chi connectivity index (χ4v) is 5.57. The first-order chi connectivity index (χ1) is 16.8. The summed E-state index contributed by atoms with van der Waals surface area (Å²) < 4.78 is 53.2. The molecule has 0 aliphatic heterocycles. The molecule has 35 heavy (non-hydrogen) atoms. The predicted molar refractivity (Wildman–Crippen MR) is 133 cm³/mol. The van der Waals surface area contributed by atoms with E-state index in [4.69, 9.17) is 4.74 Å². The molecule has 184 valence electrons. The number of rotatable bonds is 7. The van der Waals surface area contributed by atoms with E-state index >= 15 is 4.39 Å². The van der Waals surface area contributed by atoms with Gasteiger partial charge in [-0.15, -0.1) is 0 Å². The second-order valence-corrected chi connectivity index (χ2v) is 10.3. The number of methoxy groups -OCH3 is 2. The number of nitrogens with one attached hydrogen (secondary N) is 1. The van der Waals surface area contributed by atoms with Gasteiger partial charge in [-0.2, -0.15) is 0 Å². The maximum Gasteiger partial charge on any atom is 0.337 e. The molecule has 1 fully saturated rings. The quantitative estimate of drug-likeness (QED) is 0.397. The molecule has 1 saturated carbocycles. The Labute approximate surface area is 205 Å². The standard InChI is InChI=1S/C27H28FNO5S/c1-33-26-16-21(27(30)34-2)12-15-25(26)29-35(31,32)22-13-14-23(24(28)17-22)20-10-8-19(9-11-20)18-6-4-3-5-7-18/h8-18,29H,3-7H2,1-2H3. The molecule has 3 aromatic rings. The van der Waals surface area contributed by atoms with Crippen molar-refractivity contribution in [2.24, 2.45) is 0 Å². The first-order valence-corrected chi connectivity index (χ1v) is 13.0. The molecule has 0 unspecified atom stereocenters. The van der Waals surface area contributed by atoms with E-state index < -0.39 is 21.8 Å². The van der Waals surface area contributed by atoms with Gasteiger partial charge in [-0.1, -0.05) is 49.6 Å². The average molecular weight is 498 g/mol. The summed E-state index contributed by atoms with van der Waals surface area (Å²) in [5.74, 6) is -0.528. The van der Waals surface area contributed by atoms with Gasteiger partial charge in [0, 0.05) is 5.56 Å². The number of carbonyl (C=O) groups is 1. The largest absolute Gasteiger partial charge is 0.495 e. The molecule has 8 heteroatoms. The van der Waals surface area contributed by atoms with Gasteiger partial charge in [-0.3, -0.25) is 4.72 Å². The molecule has 1 N–H and O–H groups in total. The number of hydrogen-bond donors (Lipinski definition) is 1. The van der Waals surface area contributed by atoms with Gasteiger partial charge in [0.25, 0.3) is 10.0 Å². The predicted octanol–water partition coefficient (Wildman–Crippen LogP) is 6.14. The van der Waals surface area contributed by atoms with E-state index in [-0.39, 0.29) is 21.9 Å². The Morgan fingerprint density at radius 2 is 1.66 bits per heavy atom. The second-order valence-electron chi connectivity index (χ2n) is 8.61. The lowest BCUT2D eigenvalue weighted by atomic mass is 9.84. The minimum absolute atomic E-state index is 0.114. The zero-order valence-electron chi connectivity index (χ0n) is 19.7. The van der Waals surface area contributed by atoms with Crippen LogP contribution >= 0.6 is 0 Å². The number of hydrogen-bond acceptors (Lipinski definition) is 5. The summed E-state index contributed by atoms with van der Waals surface area (Å²) in [7, 11) is -1.52. The number of esters is 1. The zero-order chi connectivity index (χ0) is 25.0. The Kier molecular flexibility index (Phi) is 7.40. The van der Waals surface area contributed by atoms with Crippen molar-refractivity contribution >= 4 is 21.7 Å². The monoisotopic (exact) mass is 497 g/mol. The van der Waals surface area contributed by atoms with Crippen LogP contribution in [-0.2, 0) is 14.8 Å². The third kappa shape index (κ3) is 5.48. The summed E-state index contributed by atoms with van der Waals surface area (Å²) in [5, 5.41) is 0.